The predicted octanol–water partition coefficient (Wildman–Crippen LogP) is 5.06. The Morgan fingerprint density at radius 1 is 1.13 bits per heavy atom. The zero-order valence-corrected chi connectivity index (χ0v) is 18.0. The molecule has 0 bridgehead atoms. The molecule has 0 aromatic heterocycles. The number of para-hydroxylation sites is 2. The van der Waals surface area contributed by atoms with Gasteiger partial charge < -0.3 is 10.8 Å². The van der Waals surface area contributed by atoms with Crippen molar-refractivity contribution in [2.45, 2.75) is 19.4 Å². The summed E-state index contributed by atoms with van der Waals surface area (Å²) < 4.78 is 0. The Labute approximate surface area is 184 Å². The normalized spacial score (nSPS) is 22.1. The number of nitrogens with zero attached hydrogens (tertiary/aromatic N) is 1. The number of amides is 1. The van der Waals surface area contributed by atoms with E-state index in [9.17, 15) is 9.90 Å². The summed E-state index contributed by atoms with van der Waals surface area (Å²) in [6.07, 6.45) is 10.8. The van der Waals surface area contributed by atoms with Gasteiger partial charge in [0.1, 0.15) is 5.54 Å². The Kier molecular flexibility index (Phi) is 6.73. The lowest BCUT2D eigenvalue weighted by Crippen LogP contribution is -2.46. The van der Waals surface area contributed by atoms with Crippen LogP contribution in [-0.2, 0) is 10.3 Å². The minimum Gasteiger partial charge on any atom is -0.398 e. The number of nitrogen functional groups attached to an aromatic ring is 1. The Morgan fingerprint density at radius 2 is 1.81 bits per heavy atom. The first-order valence-corrected chi connectivity index (χ1v) is 10.3. The summed E-state index contributed by atoms with van der Waals surface area (Å²) in [6, 6.07) is 17.2. The number of hydrogen-bond donors (Lipinski definition) is 2. The largest absolute Gasteiger partial charge is 0.398 e. The van der Waals surface area contributed by atoms with Crippen molar-refractivity contribution in [2.75, 3.05) is 17.2 Å². The molecule has 4 nitrogen and oxygen atoms in total. The molecule has 3 N–H and O–H groups in total. The number of aliphatic hydroxyl groups is 1. The van der Waals surface area contributed by atoms with E-state index >= 15 is 0 Å². The maximum Gasteiger partial charge on any atom is 0.259 e. The van der Waals surface area contributed by atoms with Crippen molar-refractivity contribution < 1.29 is 9.90 Å². The van der Waals surface area contributed by atoms with Crippen LogP contribution in [0.5, 0.6) is 0 Å². The SMILES string of the molecule is C=C/C=C1/C(=O)N(c2ccccc2)C(C(/C=C\CO)=C/C)(c2ccccc2N)/C1=C/C. The minimum atomic E-state index is -1.01. The number of aliphatic hydroxyl groups excluding tert-OH is 1. The highest BCUT2D eigenvalue weighted by Gasteiger charge is 2.55. The summed E-state index contributed by atoms with van der Waals surface area (Å²) in [5.41, 5.74) is 9.84. The van der Waals surface area contributed by atoms with E-state index in [1.54, 1.807) is 23.1 Å². The van der Waals surface area contributed by atoms with Gasteiger partial charge in [-0.05, 0) is 49.3 Å². The Balaban J connectivity index is 2.54. The summed E-state index contributed by atoms with van der Waals surface area (Å²) in [4.78, 5) is 15.7. The van der Waals surface area contributed by atoms with E-state index in [0.29, 0.717) is 11.3 Å². The third-order valence-electron chi connectivity index (χ3n) is 5.52. The van der Waals surface area contributed by atoms with Crippen molar-refractivity contribution >= 4 is 17.3 Å². The van der Waals surface area contributed by atoms with Crippen LogP contribution < -0.4 is 10.6 Å². The van der Waals surface area contributed by atoms with Gasteiger partial charge in [0.25, 0.3) is 5.91 Å². The van der Waals surface area contributed by atoms with Gasteiger partial charge >= 0.3 is 0 Å². The molecule has 1 saturated heterocycles. The van der Waals surface area contributed by atoms with E-state index in [4.69, 9.17) is 5.73 Å². The quantitative estimate of drug-likeness (QED) is 0.396. The molecule has 1 atom stereocenters. The average Bonchev–Trinajstić information content (AvgIpc) is 3.03. The van der Waals surface area contributed by atoms with Gasteiger partial charge in [0, 0.05) is 22.5 Å². The van der Waals surface area contributed by atoms with Crippen LogP contribution in [0, 0.1) is 0 Å². The number of anilines is 2. The van der Waals surface area contributed by atoms with E-state index in [0.717, 1.165) is 22.4 Å². The van der Waals surface area contributed by atoms with Crippen molar-refractivity contribution in [2.24, 2.45) is 0 Å². The molecule has 158 valence electrons. The van der Waals surface area contributed by atoms with Crippen LogP contribution in [0.15, 0.2) is 114 Å². The second-order valence-electron chi connectivity index (χ2n) is 7.12. The van der Waals surface area contributed by atoms with Crippen LogP contribution in [0.3, 0.4) is 0 Å². The summed E-state index contributed by atoms with van der Waals surface area (Å²) >= 11 is 0. The fourth-order valence-corrected chi connectivity index (χ4v) is 4.37. The van der Waals surface area contributed by atoms with Crippen molar-refractivity contribution in [1.29, 1.82) is 0 Å². The summed E-state index contributed by atoms with van der Waals surface area (Å²) in [6.45, 7) is 7.55. The third kappa shape index (κ3) is 3.56. The Morgan fingerprint density at radius 3 is 2.39 bits per heavy atom. The van der Waals surface area contributed by atoms with Crippen LogP contribution in [0.4, 0.5) is 11.4 Å². The predicted molar refractivity (Wildman–Crippen MR) is 128 cm³/mol. The smallest absolute Gasteiger partial charge is 0.259 e. The van der Waals surface area contributed by atoms with E-state index in [1.807, 2.05) is 86.7 Å². The molecule has 1 aliphatic rings. The first-order chi connectivity index (χ1) is 15.1. The number of carbonyl (C=O) groups excluding carboxylic acids is 1. The van der Waals surface area contributed by atoms with Crippen molar-refractivity contribution in [1.82, 2.24) is 0 Å². The van der Waals surface area contributed by atoms with Gasteiger partial charge in [0.15, 0.2) is 0 Å². The Hall–Kier alpha value is -3.63. The standard InChI is InChI=1S/C27H28N2O2/c1-4-13-22-23(6-3)27(20(5-2)14-12-19-30,24-17-10-11-18-25(24)28)29(26(22)31)21-15-8-7-9-16-21/h4-18,30H,1,19,28H2,2-3H3/b14-12-,20-5+,22-13+,23-6+. The van der Waals surface area contributed by atoms with Crippen LogP contribution in [0.1, 0.15) is 19.4 Å². The van der Waals surface area contributed by atoms with E-state index < -0.39 is 5.54 Å². The molecule has 2 aromatic carbocycles. The lowest BCUT2D eigenvalue weighted by molar-refractivity contribution is -0.114. The third-order valence-corrected chi connectivity index (χ3v) is 5.52. The molecule has 1 fully saturated rings. The number of carbonyl (C=O) groups is 1. The summed E-state index contributed by atoms with van der Waals surface area (Å²) in [7, 11) is 0. The first-order valence-electron chi connectivity index (χ1n) is 10.3. The topological polar surface area (TPSA) is 66.6 Å². The molecule has 4 heteroatoms. The van der Waals surface area contributed by atoms with Gasteiger partial charge in [-0.15, -0.1) is 0 Å². The molecule has 1 heterocycles. The molecular weight excluding hydrogens is 384 g/mol. The van der Waals surface area contributed by atoms with Gasteiger partial charge in [-0.3, -0.25) is 9.69 Å². The van der Waals surface area contributed by atoms with Crippen molar-refractivity contribution in [3.63, 3.8) is 0 Å². The lowest BCUT2D eigenvalue weighted by atomic mass is 9.74. The average molecular weight is 413 g/mol. The molecular formula is C27H28N2O2. The molecule has 2 aromatic rings. The number of benzene rings is 2. The zero-order chi connectivity index (χ0) is 22.4. The fourth-order valence-electron chi connectivity index (χ4n) is 4.37. The van der Waals surface area contributed by atoms with E-state index in [-0.39, 0.29) is 12.5 Å². The second-order valence-corrected chi connectivity index (χ2v) is 7.12. The Bertz CT molecular complexity index is 1090. The van der Waals surface area contributed by atoms with Crippen molar-refractivity contribution in [3.8, 4) is 0 Å². The maximum atomic E-state index is 13.9. The number of nitrogens with two attached hydrogens (primary N) is 1. The molecule has 1 unspecified atom stereocenters. The molecule has 1 aliphatic heterocycles. The number of rotatable bonds is 6. The molecule has 0 radical (unpaired) electrons. The summed E-state index contributed by atoms with van der Waals surface area (Å²) in [5, 5.41) is 9.50. The fraction of sp³-hybridized carbons (Fsp3) is 0.148. The summed E-state index contributed by atoms with van der Waals surface area (Å²) in [5.74, 6) is -0.140. The highest BCUT2D eigenvalue weighted by molar-refractivity contribution is 6.16. The molecule has 31 heavy (non-hydrogen) atoms. The molecule has 0 aliphatic carbocycles. The van der Waals surface area contributed by atoms with Gasteiger partial charge in [-0.2, -0.15) is 0 Å². The van der Waals surface area contributed by atoms with Crippen LogP contribution in [0.25, 0.3) is 0 Å². The van der Waals surface area contributed by atoms with Gasteiger partial charge in [-0.25, -0.2) is 0 Å². The maximum absolute atomic E-state index is 13.9. The lowest BCUT2D eigenvalue weighted by Gasteiger charge is -2.41. The van der Waals surface area contributed by atoms with Gasteiger partial charge in [-0.1, -0.05) is 73.4 Å². The minimum absolute atomic E-state index is 0.114. The van der Waals surface area contributed by atoms with Crippen LogP contribution >= 0.6 is 0 Å². The number of hydrogen-bond acceptors (Lipinski definition) is 3. The van der Waals surface area contributed by atoms with Crippen LogP contribution in [-0.4, -0.2) is 17.6 Å². The molecule has 0 saturated carbocycles. The van der Waals surface area contributed by atoms with Gasteiger partial charge in [0.05, 0.1) is 6.61 Å². The van der Waals surface area contributed by atoms with Crippen LogP contribution in [0.2, 0.25) is 0 Å². The van der Waals surface area contributed by atoms with Crippen molar-refractivity contribution in [3.05, 3.63) is 120 Å². The van der Waals surface area contributed by atoms with Gasteiger partial charge in [0.2, 0.25) is 0 Å². The molecule has 1 amide bonds. The highest BCUT2D eigenvalue weighted by atomic mass is 16.2. The second kappa shape index (κ2) is 9.45. The highest BCUT2D eigenvalue weighted by Crippen LogP contribution is 2.54. The van der Waals surface area contributed by atoms with E-state index in [1.165, 1.54) is 0 Å². The number of allylic oxidation sites excluding steroid dienone is 4. The zero-order valence-electron chi connectivity index (χ0n) is 18.0. The molecule has 3 rings (SSSR count). The monoisotopic (exact) mass is 412 g/mol. The van der Waals surface area contributed by atoms with E-state index in [2.05, 4.69) is 6.58 Å². The molecule has 0 spiro atoms. The first kappa shape index (κ1) is 22.1.